The third kappa shape index (κ3) is 4.82. The van der Waals surface area contributed by atoms with Gasteiger partial charge in [0, 0.05) is 18.2 Å². The van der Waals surface area contributed by atoms with Crippen LogP contribution in [0.2, 0.25) is 0 Å². The Kier molecular flexibility index (Phi) is 6.87. The summed E-state index contributed by atoms with van der Waals surface area (Å²) in [5.74, 6) is 0.100. The summed E-state index contributed by atoms with van der Waals surface area (Å²) in [7, 11) is 0. The Morgan fingerprint density at radius 1 is 1.41 bits per heavy atom. The van der Waals surface area contributed by atoms with Crippen LogP contribution in [0, 0.1) is 0 Å². The molecule has 1 heterocycles. The quantitative estimate of drug-likeness (QED) is 0.812. The van der Waals surface area contributed by atoms with Gasteiger partial charge in [0.1, 0.15) is 0 Å². The van der Waals surface area contributed by atoms with Gasteiger partial charge in [-0.3, -0.25) is 9.69 Å². The first-order valence-corrected chi connectivity index (χ1v) is 8.58. The molecule has 0 saturated carbocycles. The predicted molar refractivity (Wildman–Crippen MR) is 91.8 cm³/mol. The molecule has 1 aromatic rings. The van der Waals surface area contributed by atoms with E-state index < -0.39 is 0 Å². The number of likely N-dealkylation sites (tertiary alicyclic amines) is 1. The van der Waals surface area contributed by atoms with E-state index in [1.165, 1.54) is 24.8 Å². The lowest BCUT2D eigenvalue weighted by Crippen LogP contribution is -2.35. The fraction of sp³-hybridized carbons (Fsp3) is 0.611. The van der Waals surface area contributed by atoms with Gasteiger partial charge < -0.3 is 11.1 Å². The number of anilines is 1. The SMILES string of the molecule is CCCC(=O)Nc1cccc(C2CCCCN2CCCN)c1. The number of benzene rings is 1. The normalized spacial score (nSPS) is 19.1. The average Bonchev–Trinajstić information content (AvgIpc) is 2.53. The smallest absolute Gasteiger partial charge is 0.224 e. The molecule has 22 heavy (non-hydrogen) atoms. The van der Waals surface area contributed by atoms with Crippen molar-refractivity contribution in [3.05, 3.63) is 29.8 Å². The molecule has 1 aliphatic rings. The fourth-order valence-electron chi connectivity index (χ4n) is 3.20. The number of nitrogens with one attached hydrogen (secondary N) is 1. The Morgan fingerprint density at radius 3 is 3.05 bits per heavy atom. The standard InChI is InChI=1S/C18H29N3O/c1-2-7-18(22)20-16-9-5-8-15(14-16)17-10-3-4-12-21(17)13-6-11-19/h5,8-9,14,17H,2-4,6-7,10-13,19H2,1H3,(H,20,22). The minimum absolute atomic E-state index is 0.100. The molecule has 1 fully saturated rings. The molecule has 1 unspecified atom stereocenters. The van der Waals surface area contributed by atoms with E-state index in [9.17, 15) is 4.79 Å². The van der Waals surface area contributed by atoms with Gasteiger partial charge in [0.05, 0.1) is 0 Å². The molecular weight excluding hydrogens is 274 g/mol. The van der Waals surface area contributed by atoms with Gasteiger partial charge in [0.2, 0.25) is 5.91 Å². The van der Waals surface area contributed by atoms with Crippen molar-refractivity contribution in [3.63, 3.8) is 0 Å². The summed E-state index contributed by atoms with van der Waals surface area (Å²) in [5.41, 5.74) is 7.89. The first-order valence-electron chi connectivity index (χ1n) is 8.58. The number of hydrogen-bond donors (Lipinski definition) is 2. The van der Waals surface area contributed by atoms with Crippen LogP contribution in [0.4, 0.5) is 5.69 Å². The first kappa shape index (κ1) is 17.0. The monoisotopic (exact) mass is 303 g/mol. The predicted octanol–water partition coefficient (Wildman–Crippen LogP) is 3.30. The van der Waals surface area contributed by atoms with E-state index in [0.29, 0.717) is 12.5 Å². The topological polar surface area (TPSA) is 58.4 Å². The van der Waals surface area contributed by atoms with Crippen LogP contribution >= 0.6 is 0 Å². The second-order valence-electron chi connectivity index (χ2n) is 6.11. The summed E-state index contributed by atoms with van der Waals surface area (Å²) in [6.07, 6.45) is 6.24. The van der Waals surface area contributed by atoms with Crippen molar-refractivity contribution in [1.82, 2.24) is 4.90 Å². The number of carbonyl (C=O) groups excluding carboxylic acids is 1. The molecule has 3 N–H and O–H groups in total. The molecule has 122 valence electrons. The number of carbonyl (C=O) groups is 1. The number of amides is 1. The zero-order chi connectivity index (χ0) is 15.8. The molecule has 4 nitrogen and oxygen atoms in total. The van der Waals surface area contributed by atoms with Gasteiger partial charge in [0.25, 0.3) is 0 Å². The van der Waals surface area contributed by atoms with Gasteiger partial charge in [-0.05, 0) is 63.0 Å². The number of nitrogens with two attached hydrogens (primary N) is 1. The maximum atomic E-state index is 11.8. The summed E-state index contributed by atoms with van der Waals surface area (Å²) in [6.45, 7) is 4.98. The van der Waals surface area contributed by atoms with Gasteiger partial charge in [-0.2, -0.15) is 0 Å². The van der Waals surface area contributed by atoms with Gasteiger partial charge >= 0.3 is 0 Å². The summed E-state index contributed by atoms with van der Waals surface area (Å²) in [5, 5.41) is 3.00. The van der Waals surface area contributed by atoms with Crippen LogP contribution in [-0.2, 0) is 4.79 Å². The molecule has 0 aromatic heterocycles. The van der Waals surface area contributed by atoms with E-state index in [2.05, 4.69) is 22.3 Å². The number of hydrogen-bond acceptors (Lipinski definition) is 3. The van der Waals surface area contributed by atoms with Crippen molar-refractivity contribution in [3.8, 4) is 0 Å². The molecular formula is C18H29N3O. The van der Waals surface area contributed by atoms with E-state index in [0.717, 1.165) is 38.2 Å². The molecule has 1 aromatic carbocycles. The minimum Gasteiger partial charge on any atom is -0.330 e. The molecule has 2 rings (SSSR count). The molecule has 1 saturated heterocycles. The third-order valence-electron chi connectivity index (χ3n) is 4.30. The number of nitrogens with zero attached hydrogens (tertiary/aromatic N) is 1. The average molecular weight is 303 g/mol. The zero-order valence-corrected chi connectivity index (χ0v) is 13.7. The fourth-order valence-corrected chi connectivity index (χ4v) is 3.20. The Balaban J connectivity index is 2.07. The summed E-state index contributed by atoms with van der Waals surface area (Å²) in [6, 6.07) is 8.81. The van der Waals surface area contributed by atoms with Crippen LogP contribution < -0.4 is 11.1 Å². The first-order chi connectivity index (χ1) is 10.7. The van der Waals surface area contributed by atoms with E-state index in [4.69, 9.17) is 5.73 Å². The molecule has 0 spiro atoms. The number of piperidine rings is 1. The molecule has 1 atom stereocenters. The van der Waals surface area contributed by atoms with E-state index in [-0.39, 0.29) is 5.91 Å². The minimum atomic E-state index is 0.100. The van der Waals surface area contributed by atoms with Gasteiger partial charge in [-0.1, -0.05) is 25.5 Å². The highest BCUT2D eigenvalue weighted by Gasteiger charge is 2.23. The van der Waals surface area contributed by atoms with Crippen molar-refractivity contribution >= 4 is 11.6 Å². The van der Waals surface area contributed by atoms with Crippen molar-refractivity contribution < 1.29 is 4.79 Å². The van der Waals surface area contributed by atoms with E-state index in [1.54, 1.807) is 0 Å². The van der Waals surface area contributed by atoms with Crippen LogP contribution in [-0.4, -0.2) is 30.4 Å². The van der Waals surface area contributed by atoms with Gasteiger partial charge in [-0.25, -0.2) is 0 Å². The molecule has 0 bridgehead atoms. The maximum absolute atomic E-state index is 11.8. The highest BCUT2D eigenvalue weighted by atomic mass is 16.1. The van der Waals surface area contributed by atoms with Crippen LogP contribution in [0.1, 0.15) is 57.1 Å². The lowest BCUT2D eigenvalue weighted by Gasteiger charge is -2.36. The summed E-state index contributed by atoms with van der Waals surface area (Å²) >= 11 is 0. The largest absolute Gasteiger partial charge is 0.330 e. The Bertz CT molecular complexity index is 475. The van der Waals surface area contributed by atoms with Gasteiger partial charge in [0.15, 0.2) is 0 Å². The number of rotatable bonds is 7. The molecule has 1 amide bonds. The zero-order valence-electron chi connectivity index (χ0n) is 13.7. The molecule has 0 radical (unpaired) electrons. The third-order valence-corrected chi connectivity index (χ3v) is 4.30. The van der Waals surface area contributed by atoms with Crippen LogP contribution in [0.25, 0.3) is 0 Å². The second-order valence-corrected chi connectivity index (χ2v) is 6.11. The lowest BCUT2D eigenvalue weighted by atomic mass is 9.94. The highest BCUT2D eigenvalue weighted by Crippen LogP contribution is 2.32. The van der Waals surface area contributed by atoms with Crippen molar-refractivity contribution in [2.24, 2.45) is 5.73 Å². The Labute approximate surface area is 134 Å². The summed E-state index contributed by atoms with van der Waals surface area (Å²) < 4.78 is 0. The van der Waals surface area contributed by atoms with Crippen molar-refractivity contribution in [1.29, 1.82) is 0 Å². The van der Waals surface area contributed by atoms with Crippen LogP contribution in [0.15, 0.2) is 24.3 Å². The highest BCUT2D eigenvalue weighted by molar-refractivity contribution is 5.90. The Morgan fingerprint density at radius 2 is 2.27 bits per heavy atom. The molecule has 0 aliphatic carbocycles. The lowest BCUT2D eigenvalue weighted by molar-refractivity contribution is -0.116. The molecule has 4 heteroatoms. The second kappa shape index (κ2) is 8.91. The van der Waals surface area contributed by atoms with Gasteiger partial charge in [-0.15, -0.1) is 0 Å². The van der Waals surface area contributed by atoms with Crippen LogP contribution in [0.3, 0.4) is 0 Å². The van der Waals surface area contributed by atoms with E-state index in [1.807, 2.05) is 19.1 Å². The van der Waals surface area contributed by atoms with Crippen LogP contribution in [0.5, 0.6) is 0 Å². The van der Waals surface area contributed by atoms with Crippen molar-refractivity contribution in [2.75, 3.05) is 25.0 Å². The Hall–Kier alpha value is -1.39. The summed E-state index contributed by atoms with van der Waals surface area (Å²) in [4.78, 5) is 14.3. The van der Waals surface area contributed by atoms with Crippen molar-refractivity contribution in [2.45, 2.75) is 51.5 Å². The van der Waals surface area contributed by atoms with E-state index >= 15 is 0 Å². The molecule has 1 aliphatic heterocycles. The maximum Gasteiger partial charge on any atom is 0.224 e.